The summed E-state index contributed by atoms with van der Waals surface area (Å²) in [4.78, 5) is 0. The lowest BCUT2D eigenvalue weighted by atomic mass is 10.1. The van der Waals surface area contributed by atoms with E-state index >= 15 is 0 Å². The second-order valence-corrected chi connectivity index (χ2v) is 22.5. The van der Waals surface area contributed by atoms with Crippen molar-refractivity contribution in [2.75, 3.05) is 13.2 Å². The molecule has 0 saturated heterocycles. The summed E-state index contributed by atoms with van der Waals surface area (Å²) in [6.45, 7) is 16.5. The Morgan fingerprint density at radius 3 is 1.81 bits per heavy atom. The predicted molar refractivity (Wildman–Crippen MR) is 121 cm³/mol. The van der Waals surface area contributed by atoms with Gasteiger partial charge in [-0.05, 0) is 37.4 Å². The van der Waals surface area contributed by atoms with Gasteiger partial charge in [-0.3, -0.25) is 13.6 Å². The summed E-state index contributed by atoms with van der Waals surface area (Å²) in [7, 11) is -6.06. The summed E-state index contributed by atoms with van der Waals surface area (Å²) < 4.78 is 30.4. The van der Waals surface area contributed by atoms with Crippen LogP contribution in [0.5, 0.6) is 0 Å². The standard InChI is InChI=1S/C20H39O4PSi2/c1-19(13-14-20-11-9-8-10-12-20)24-25(21,22-15-17-26(2,3)4)23-16-18-27(5,6)7/h8-12,19H,13-18H2,1-7H3. The first kappa shape index (κ1) is 24.8. The van der Waals surface area contributed by atoms with E-state index in [2.05, 4.69) is 51.4 Å². The van der Waals surface area contributed by atoms with E-state index in [0.29, 0.717) is 13.2 Å². The van der Waals surface area contributed by atoms with Gasteiger partial charge in [-0.2, -0.15) is 0 Å². The van der Waals surface area contributed by atoms with Crippen molar-refractivity contribution >= 4 is 24.0 Å². The molecule has 27 heavy (non-hydrogen) atoms. The first-order chi connectivity index (χ1) is 12.4. The fraction of sp³-hybridized carbons (Fsp3) is 0.700. The summed E-state index contributed by atoms with van der Waals surface area (Å²) in [6, 6.07) is 12.2. The molecule has 0 spiro atoms. The molecule has 0 heterocycles. The van der Waals surface area contributed by atoms with E-state index < -0.39 is 24.0 Å². The maximum Gasteiger partial charge on any atom is 0.475 e. The topological polar surface area (TPSA) is 44.8 Å². The van der Waals surface area contributed by atoms with Crippen LogP contribution < -0.4 is 0 Å². The number of phosphoric acid groups is 1. The Morgan fingerprint density at radius 2 is 1.37 bits per heavy atom. The second kappa shape index (κ2) is 11.1. The molecule has 0 N–H and O–H groups in total. The minimum atomic E-state index is -3.52. The maximum atomic E-state index is 13.2. The van der Waals surface area contributed by atoms with E-state index in [0.717, 1.165) is 24.9 Å². The van der Waals surface area contributed by atoms with E-state index in [9.17, 15) is 4.57 Å². The summed E-state index contributed by atoms with van der Waals surface area (Å²) in [5, 5.41) is 0. The Balaban J connectivity index is 2.60. The highest BCUT2D eigenvalue weighted by molar-refractivity contribution is 7.48. The quantitative estimate of drug-likeness (QED) is 0.254. The molecule has 1 aromatic rings. The van der Waals surface area contributed by atoms with Crippen molar-refractivity contribution in [3.8, 4) is 0 Å². The highest BCUT2D eigenvalue weighted by atomic mass is 31.2. The average Bonchev–Trinajstić information content (AvgIpc) is 2.51. The Labute approximate surface area is 168 Å². The molecule has 0 aliphatic heterocycles. The lowest BCUT2D eigenvalue weighted by Crippen LogP contribution is -2.23. The average molecular weight is 431 g/mol. The fourth-order valence-corrected chi connectivity index (χ4v) is 5.46. The molecule has 4 nitrogen and oxygen atoms in total. The van der Waals surface area contributed by atoms with Crippen molar-refractivity contribution in [2.24, 2.45) is 0 Å². The molecule has 1 rings (SSSR count). The number of rotatable bonds is 13. The SMILES string of the molecule is CC(CCc1ccccc1)OP(=O)(OCC[Si](C)(C)C)OCC[Si](C)(C)C. The van der Waals surface area contributed by atoms with Gasteiger partial charge in [-0.25, -0.2) is 4.57 Å². The third-order valence-electron chi connectivity index (χ3n) is 4.19. The van der Waals surface area contributed by atoms with Gasteiger partial charge in [0, 0.05) is 16.1 Å². The smallest absolute Gasteiger partial charge is 0.287 e. The number of hydrogen-bond donors (Lipinski definition) is 0. The van der Waals surface area contributed by atoms with Crippen LogP contribution >= 0.6 is 7.82 Å². The van der Waals surface area contributed by atoms with Gasteiger partial charge in [-0.15, -0.1) is 0 Å². The number of hydrogen-bond acceptors (Lipinski definition) is 4. The number of phosphoric ester groups is 1. The van der Waals surface area contributed by atoms with Crippen molar-refractivity contribution in [1.82, 2.24) is 0 Å². The molecule has 156 valence electrons. The van der Waals surface area contributed by atoms with Crippen LogP contribution in [0.4, 0.5) is 0 Å². The Hall–Kier alpha value is -0.236. The van der Waals surface area contributed by atoms with Crippen molar-refractivity contribution in [1.29, 1.82) is 0 Å². The normalized spacial score (nSPS) is 14.3. The first-order valence-electron chi connectivity index (χ1n) is 10.0. The summed E-state index contributed by atoms with van der Waals surface area (Å²) in [5.74, 6) is 0. The van der Waals surface area contributed by atoms with Gasteiger partial charge in [0.1, 0.15) is 0 Å². The largest absolute Gasteiger partial charge is 0.475 e. The number of benzene rings is 1. The molecule has 0 aromatic heterocycles. The Kier molecular flexibility index (Phi) is 10.2. The van der Waals surface area contributed by atoms with E-state index in [1.807, 2.05) is 25.1 Å². The lowest BCUT2D eigenvalue weighted by Gasteiger charge is -2.24. The number of aryl methyl sites for hydroxylation is 1. The van der Waals surface area contributed by atoms with Gasteiger partial charge >= 0.3 is 7.82 Å². The van der Waals surface area contributed by atoms with Crippen molar-refractivity contribution in [3.63, 3.8) is 0 Å². The molecule has 0 aliphatic rings. The van der Waals surface area contributed by atoms with Gasteiger partial charge in [0.25, 0.3) is 0 Å². The third-order valence-corrected chi connectivity index (χ3v) is 9.22. The van der Waals surface area contributed by atoms with E-state index in [1.165, 1.54) is 5.56 Å². The molecule has 0 aliphatic carbocycles. The molecule has 0 amide bonds. The summed E-state index contributed by atoms with van der Waals surface area (Å²) >= 11 is 0. The van der Waals surface area contributed by atoms with Crippen LogP contribution in [0.15, 0.2) is 30.3 Å². The van der Waals surface area contributed by atoms with Gasteiger partial charge in [0.05, 0.1) is 19.3 Å². The zero-order chi connectivity index (χ0) is 20.6. The molecular formula is C20H39O4PSi2. The minimum Gasteiger partial charge on any atom is -0.287 e. The van der Waals surface area contributed by atoms with Crippen LogP contribution in [0.3, 0.4) is 0 Å². The minimum absolute atomic E-state index is 0.185. The van der Waals surface area contributed by atoms with Gasteiger partial charge in [0.2, 0.25) is 0 Å². The van der Waals surface area contributed by atoms with Crippen molar-refractivity contribution in [2.45, 2.75) is 77.2 Å². The molecule has 1 atom stereocenters. The molecule has 0 radical (unpaired) electrons. The third kappa shape index (κ3) is 12.8. The predicted octanol–water partition coefficient (Wildman–Crippen LogP) is 6.84. The maximum absolute atomic E-state index is 13.2. The Morgan fingerprint density at radius 1 is 0.889 bits per heavy atom. The fourth-order valence-electron chi connectivity index (χ4n) is 2.31. The van der Waals surface area contributed by atoms with Crippen LogP contribution in [0.2, 0.25) is 51.4 Å². The van der Waals surface area contributed by atoms with Crippen molar-refractivity contribution in [3.05, 3.63) is 35.9 Å². The second-order valence-electron chi connectivity index (χ2n) is 9.68. The van der Waals surface area contributed by atoms with Gasteiger partial charge in [-0.1, -0.05) is 69.6 Å². The monoisotopic (exact) mass is 430 g/mol. The van der Waals surface area contributed by atoms with E-state index in [4.69, 9.17) is 13.6 Å². The molecule has 0 saturated carbocycles. The zero-order valence-corrected chi connectivity index (χ0v) is 21.2. The van der Waals surface area contributed by atoms with E-state index in [-0.39, 0.29) is 6.10 Å². The summed E-state index contributed by atoms with van der Waals surface area (Å²) in [5.41, 5.74) is 1.25. The molecular weight excluding hydrogens is 391 g/mol. The van der Waals surface area contributed by atoms with Crippen LogP contribution in [0, 0.1) is 0 Å². The molecule has 0 bridgehead atoms. The molecule has 1 aromatic carbocycles. The summed E-state index contributed by atoms with van der Waals surface area (Å²) in [6.07, 6.45) is 1.48. The lowest BCUT2D eigenvalue weighted by molar-refractivity contribution is 0.0872. The van der Waals surface area contributed by atoms with Gasteiger partial charge < -0.3 is 0 Å². The van der Waals surface area contributed by atoms with E-state index in [1.54, 1.807) is 0 Å². The molecule has 7 heteroatoms. The highest BCUT2D eigenvalue weighted by Crippen LogP contribution is 2.51. The van der Waals surface area contributed by atoms with Crippen LogP contribution in [-0.4, -0.2) is 35.5 Å². The first-order valence-corrected chi connectivity index (χ1v) is 18.9. The molecule has 0 fully saturated rings. The van der Waals surface area contributed by atoms with Crippen LogP contribution in [0.1, 0.15) is 18.9 Å². The Bertz CT molecular complexity index is 558. The van der Waals surface area contributed by atoms with Crippen LogP contribution in [-0.2, 0) is 24.6 Å². The van der Waals surface area contributed by atoms with Crippen LogP contribution in [0.25, 0.3) is 0 Å². The molecule has 1 unspecified atom stereocenters. The van der Waals surface area contributed by atoms with Crippen molar-refractivity contribution < 1.29 is 18.1 Å². The highest BCUT2D eigenvalue weighted by Gasteiger charge is 2.31. The zero-order valence-electron chi connectivity index (χ0n) is 18.3. The van der Waals surface area contributed by atoms with Gasteiger partial charge in [0.15, 0.2) is 0 Å².